The number of aldehydes is 1. The molecule has 0 fully saturated rings. The summed E-state index contributed by atoms with van der Waals surface area (Å²) in [7, 11) is 0. The number of carbonyl (C=O) groups excluding carboxylic acids is 2. The Morgan fingerprint density at radius 1 is 1.43 bits per heavy atom. The molecule has 0 aliphatic carbocycles. The first kappa shape index (κ1) is 10.4. The zero-order valence-electron chi connectivity index (χ0n) is 7.97. The monoisotopic (exact) mass is 192 g/mol. The molecule has 3 nitrogen and oxygen atoms in total. The highest BCUT2D eigenvalue weighted by atomic mass is 16.5. The van der Waals surface area contributed by atoms with Crippen LogP contribution in [0.3, 0.4) is 0 Å². The van der Waals surface area contributed by atoms with E-state index in [1.807, 2.05) is 6.07 Å². The summed E-state index contributed by atoms with van der Waals surface area (Å²) in [6, 6.07) is 8.71. The summed E-state index contributed by atoms with van der Waals surface area (Å²) >= 11 is 0. The molecule has 74 valence electrons. The number of hydrogen-bond acceptors (Lipinski definition) is 3. The van der Waals surface area contributed by atoms with Gasteiger partial charge in [-0.2, -0.15) is 0 Å². The summed E-state index contributed by atoms with van der Waals surface area (Å²) in [5.41, 5.74) is 0.505. The normalized spacial score (nSPS) is 11.8. The highest BCUT2D eigenvalue weighted by Gasteiger charge is 2.10. The van der Waals surface area contributed by atoms with Crippen LogP contribution in [-0.2, 0) is 9.53 Å². The average Bonchev–Trinajstić information content (AvgIpc) is 2.19. The van der Waals surface area contributed by atoms with Crippen LogP contribution in [0.25, 0.3) is 0 Å². The largest absolute Gasteiger partial charge is 0.459 e. The lowest BCUT2D eigenvalue weighted by atomic mass is 10.2. The molecule has 14 heavy (non-hydrogen) atoms. The highest BCUT2D eigenvalue weighted by molar-refractivity contribution is 5.89. The minimum atomic E-state index is -0.389. The molecule has 0 bridgehead atoms. The van der Waals surface area contributed by atoms with Crippen molar-refractivity contribution in [2.24, 2.45) is 0 Å². The lowest BCUT2D eigenvalue weighted by Crippen LogP contribution is -2.15. The fraction of sp³-hybridized carbons (Fsp3) is 0.273. The van der Waals surface area contributed by atoms with Crippen LogP contribution in [0.1, 0.15) is 23.7 Å². The van der Waals surface area contributed by atoms with Crippen LogP contribution in [0.5, 0.6) is 0 Å². The number of hydrogen-bond donors (Lipinski definition) is 0. The van der Waals surface area contributed by atoms with Gasteiger partial charge in [-0.25, -0.2) is 4.79 Å². The van der Waals surface area contributed by atoms with Gasteiger partial charge in [-0.3, -0.25) is 0 Å². The van der Waals surface area contributed by atoms with E-state index in [0.717, 1.165) is 6.29 Å². The van der Waals surface area contributed by atoms with Gasteiger partial charge >= 0.3 is 5.97 Å². The van der Waals surface area contributed by atoms with Crippen molar-refractivity contribution in [3.05, 3.63) is 35.9 Å². The van der Waals surface area contributed by atoms with Crippen molar-refractivity contribution >= 4 is 12.3 Å². The van der Waals surface area contributed by atoms with E-state index in [4.69, 9.17) is 4.74 Å². The van der Waals surface area contributed by atoms with Crippen LogP contribution < -0.4 is 0 Å². The summed E-state index contributed by atoms with van der Waals surface area (Å²) < 4.78 is 5.01. The molecule has 0 aliphatic rings. The molecule has 1 rings (SSSR count). The van der Waals surface area contributed by atoms with E-state index < -0.39 is 0 Å². The molecule has 1 atom stereocenters. The van der Waals surface area contributed by atoms with Crippen molar-refractivity contribution in [3.8, 4) is 0 Å². The summed E-state index contributed by atoms with van der Waals surface area (Å²) in [6.07, 6.45) is 0.613. The number of benzene rings is 1. The van der Waals surface area contributed by atoms with Crippen molar-refractivity contribution < 1.29 is 14.3 Å². The molecule has 0 saturated carbocycles. The molecule has 1 aromatic carbocycles. The van der Waals surface area contributed by atoms with Gasteiger partial charge in [0.15, 0.2) is 0 Å². The van der Waals surface area contributed by atoms with Gasteiger partial charge in [0.2, 0.25) is 0 Å². The Hall–Kier alpha value is -1.64. The van der Waals surface area contributed by atoms with Crippen molar-refractivity contribution in [1.29, 1.82) is 0 Å². The molecule has 0 amide bonds. The van der Waals surface area contributed by atoms with Gasteiger partial charge in [-0.05, 0) is 19.1 Å². The van der Waals surface area contributed by atoms with Crippen molar-refractivity contribution in [2.75, 3.05) is 0 Å². The topological polar surface area (TPSA) is 43.4 Å². The molecule has 0 aliphatic heterocycles. The first-order valence-electron chi connectivity index (χ1n) is 4.43. The summed E-state index contributed by atoms with van der Waals surface area (Å²) in [5.74, 6) is -0.389. The zero-order chi connectivity index (χ0) is 10.4. The smallest absolute Gasteiger partial charge is 0.338 e. The van der Waals surface area contributed by atoms with Crippen molar-refractivity contribution in [1.82, 2.24) is 0 Å². The minimum absolute atomic E-state index is 0.235. The maximum absolute atomic E-state index is 11.4. The fourth-order valence-corrected chi connectivity index (χ4v) is 1.01. The van der Waals surface area contributed by atoms with E-state index in [1.165, 1.54) is 0 Å². The lowest BCUT2D eigenvalue weighted by molar-refractivity contribution is -0.109. The predicted octanol–water partition coefficient (Wildman–Crippen LogP) is 1.82. The highest BCUT2D eigenvalue weighted by Crippen LogP contribution is 2.04. The van der Waals surface area contributed by atoms with Crippen LogP contribution in [0.15, 0.2) is 30.3 Å². The standard InChI is InChI=1S/C11H12O3/c1-9(7-8-12)14-11(13)10-5-3-2-4-6-10/h2-6,8-9H,7H2,1H3/t9-/m1/s1. The van der Waals surface area contributed by atoms with Gasteiger partial charge in [0.25, 0.3) is 0 Å². The van der Waals surface area contributed by atoms with E-state index >= 15 is 0 Å². The maximum Gasteiger partial charge on any atom is 0.338 e. The maximum atomic E-state index is 11.4. The summed E-state index contributed by atoms with van der Waals surface area (Å²) in [6.45, 7) is 1.69. The van der Waals surface area contributed by atoms with E-state index in [-0.39, 0.29) is 18.5 Å². The average molecular weight is 192 g/mol. The molecule has 0 spiro atoms. The minimum Gasteiger partial charge on any atom is -0.459 e. The molecule has 0 heterocycles. The number of carbonyl (C=O) groups is 2. The van der Waals surface area contributed by atoms with Crippen molar-refractivity contribution in [3.63, 3.8) is 0 Å². The Morgan fingerprint density at radius 3 is 2.64 bits per heavy atom. The Morgan fingerprint density at radius 2 is 2.07 bits per heavy atom. The molecule has 1 aromatic rings. The molecular weight excluding hydrogens is 180 g/mol. The second kappa shape index (κ2) is 5.17. The van der Waals surface area contributed by atoms with E-state index in [0.29, 0.717) is 5.56 Å². The molecule has 0 radical (unpaired) electrons. The van der Waals surface area contributed by atoms with Gasteiger partial charge in [-0.1, -0.05) is 18.2 Å². The van der Waals surface area contributed by atoms with Gasteiger partial charge < -0.3 is 9.53 Å². The summed E-state index contributed by atoms with van der Waals surface area (Å²) in [4.78, 5) is 21.5. The first-order chi connectivity index (χ1) is 6.74. The Bertz CT molecular complexity index is 306. The molecule has 0 unspecified atom stereocenters. The van der Waals surface area contributed by atoms with E-state index in [1.54, 1.807) is 31.2 Å². The summed E-state index contributed by atoms with van der Waals surface area (Å²) in [5, 5.41) is 0. The Labute approximate surface area is 82.7 Å². The van der Waals surface area contributed by atoms with Crippen LogP contribution in [-0.4, -0.2) is 18.4 Å². The Kier molecular flexibility index (Phi) is 3.85. The zero-order valence-corrected chi connectivity index (χ0v) is 7.97. The fourth-order valence-electron chi connectivity index (χ4n) is 1.01. The third kappa shape index (κ3) is 3.01. The second-order valence-corrected chi connectivity index (χ2v) is 2.98. The molecule has 3 heteroatoms. The van der Waals surface area contributed by atoms with Gasteiger partial charge in [0, 0.05) is 6.42 Å². The van der Waals surface area contributed by atoms with Crippen LogP contribution in [0.4, 0.5) is 0 Å². The molecule has 0 N–H and O–H groups in total. The third-order valence-electron chi connectivity index (χ3n) is 1.75. The predicted molar refractivity (Wildman–Crippen MR) is 52.0 cm³/mol. The second-order valence-electron chi connectivity index (χ2n) is 2.98. The number of ether oxygens (including phenoxy) is 1. The van der Waals surface area contributed by atoms with Gasteiger partial charge in [0.05, 0.1) is 5.56 Å². The van der Waals surface area contributed by atoms with Crippen molar-refractivity contribution in [2.45, 2.75) is 19.4 Å². The number of rotatable bonds is 4. The van der Waals surface area contributed by atoms with Crippen LogP contribution in [0.2, 0.25) is 0 Å². The van der Waals surface area contributed by atoms with Gasteiger partial charge in [0.1, 0.15) is 12.4 Å². The first-order valence-corrected chi connectivity index (χ1v) is 4.43. The third-order valence-corrected chi connectivity index (χ3v) is 1.75. The molecule has 0 aromatic heterocycles. The lowest BCUT2D eigenvalue weighted by Gasteiger charge is -2.09. The number of esters is 1. The molecule has 0 saturated heterocycles. The molecular formula is C11H12O3. The van der Waals surface area contributed by atoms with Crippen LogP contribution >= 0.6 is 0 Å². The quantitative estimate of drug-likeness (QED) is 0.540. The van der Waals surface area contributed by atoms with Gasteiger partial charge in [-0.15, -0.1) is 0 Å². The van der Waals surface area contributed by atoms with Crippen LogP contribution in [0, 0.1) is 0 Å². The van der Waals surface area contributed by atoms with E-state index in [2.05, 4.69) is 0 Å². The van der Waals surface area contributed by atoms with E-state index in [9.17, 15) is 9.59 Å². The SMILES string of the molecule is C[C@H](CC=O)OC(=O)c1ccccc1. The Balaban J connectivity index is 2.55.